The Hall–Kier alpha value is -1.40. The van der Waals surface area contributed by atoms with Crippen molar-refractivity contribution < 1.29 is 5.11 Å². The summed E-state index contributed by atoms with van der Waals surface area (Å²) in [6, 6.07) is 0.161. The van der Waals surface area contributed by atoms with Crippen LogP contribution in [-0.4, -0.2) is 27.7 Å². The van der Waals surface area contributed by atoms with Gasteiger partial charge in [0.05, 0.1) is 0 Å². The summed E-state index contributed by atoms with van der Waals surface area (Å²) in [7, 11) is 0. The van der Waals surface area contributed by atoms with Crippen LogP contribution in [0.2, 0.25) is 0 Å². The summed E-state index contributed by atoms with van der Waals surface area (Å²) < 4.78 is 0. The van der Waals surface area contributed by atoms with Crippen molar-refractivity contribution in [1.82, 2.24) is 9.97 Å². The van der Waals surface area contributed by atoms with E-state index in [9.17, 15) is 0 Å². The highest BCUT2D eigenvalue weighted by atomic mass is 16.3. The standard InChI is InChI=1S/C9H17N5O/c1-6(3-4-15)13-8-7(2)9(14-10)12-5-11-8/h5-6,15H,3-4,10H2,1-2H3,(H2,11,12,13,14). The molecule has 15 heavy (non-hydrogen) atoms. The lowest BCUT2D eigenvalue weighted by atomic mass is 10.2. The van der Waals surface area contributed by atoms with Crippen LogP contribution in [-0.2, 0) is 0 Å². The summed E-state index contributed by atoms with van der Waals surface area (Å²) in [4.78, 5) is 8.08. The number of aromatic nitrogens is 2. The van der Waals surface area contributed by atoms with Crippen molar-refractivity contribution in [3.8, 4) is 0 Å². The third-order valence-corrected chi connectivity index (χ3v) is 2.17. The summed E-state index contributed by atoms with van der Waals surface area (Å²) in [5.41, 5.74) is 3.37. The maximum Gasteiger partial charge on any atom is 0.148 e. The first-order valence-electron chi connectivity index (χ1n) is 4.84. The zero-order chi connectivity index (χ0) is 11.3. The fourth-order valence-electron chi connectivity index (χ4n) is 1.24. The monoisotopic (exact) mass is 211 g/mol. The molecular formula is C9H17N5O. The topological polar surface area (TPSA) is 96.1 Å². The number of nitrogens with two attached hydrogens (primary N) is 1. The summed E-state index contributed by atoms with van der Waals surface area (Å²) >= 11 is 0. The van der Waals surface area contributed by atoms with E-state index in [0.717, 1.165) is 11.4 Å². The Labute approximate surface area is 88.9 Å². The van der Waals surface area contributed by atoms with Gasteiger partial charge in [0, 0.05) is 18.2 Å². The van der Waals surface area contributed by atoms with Gasteiger partial charge in [0.15, 0.2) is 0 Å². The Balaban J connectivity index is 2.76. The molecule has 0 saturated carbocycles. The van der Waals surface area contributed by atoms with E-state index in [4.69, 9.17) is 10.9 Å². The average molecular weight is 211 g/mol. The quantitative estimate of drug-likeness (QED) is 0.412. The molecular weight excluding hydrogens is 194 g/mol. The van der Waals surface area contributed by atoms with Crippen LogP contribution < -0.4 is 16.6 Å². The predicted octanol–water partition coefficient (Wildman–Crippen LogP) is 0.253. The molecule has 0 aliphatic rings. The van der Waals surface area contributed by atoms with Crippen molar-refractivity contribution in [2.24, 2.45) is 5.84 Å². The normalized spacial score (nSPS) is 12.3. The summed E-state index contributed by atoms with van der Waals surface area (Å²) in [6.07, 6.45) is 2.12. The smallest absolute Gasteiger partial charge is 0.148 e. The lowest BCUT2D eigenvalue weighted by molar-refractivity contribution is 0.282. The molecule has 0 spiro atoms. The van der Waals surface area contributed by atoms with Crippen LogP contribution in [0.25, 0.3) is 0 Å². The van der Waals surface area contributed by atoms with Crippen LogP contribution in [0.5, 0.6) is 0 Å². The van der Waals surface area contributed by atoms with Crippen molar-refractivity contribution in [1.29, 1.82) is 0 Å². The van der Waals surface area contributed by atoms with Gasteiger partial charge in [-0.25, -0.2) is 15.8 Å². The number of rotatable bonds is 5. The maximum atomic E-state index is 8.78. The second-order valence-electron chi connectivity index (χ2n) is 3.40. The van der Waals surface area contributed by atoms with Gasteiger partial charge < -0.3 is 15.8 Å². The zero-order valence-corrected chi connectivity index (χ0v) is 8.99. The molecule has 0 bridgehead atoms. The molecule has 5 N–H and O–H groups in total. The van der Waals surface area contributed by atoms with Crippen LogP contribution in [0.3, 0.4) is 0 Å². The summed E-state index contributed by atoms with van der Waals surface area (Å²) in [5, 5.41) is 12.0. The average Bonchev–Trinajstić information content (AvgIpc) is 2.21. The van der Waals surface area contributed by atoms with Crippen molar-refractivity contribution in [3.05, 3.63) is 11.9 Å². The second kappa shape index (κ2) is 5.47. The van der Waals surface area contributed by atoms with Gasteiger partial charge in [0.2, 0.25) is 0 Å². The molecule has 0 aromatic carbocycles. The molecule has 1 aromatic heterocycles. The molecule has 6 heteroatoms. The molecule has 1 heterocycles. The number of hydrogen-bond donors (Lipinski definition) is 4. The van der Waals surface area contributed by atoms with E-state index in [0.29, 0.717) is 12.2 Å². The lowest BCUT2D eigenvalue weighted by Gasteiger charge is -2.15. The Bertz CT molecular complexity index is 317. The number of anilines is 2. The minimum absolute atomic E-state index is 0.153. The third kappa shape index (κ3) is 3.03. The van der Waals surface area contributed by atoms with Gasteiger partial charge >= 0.3 is 0 Å². The molecule has 6 nitrogen and oxygen atoms in total. The van der Waals surface area contributed by atoms with Gasteiger partial charge in [-0.05, 0) is 20.3 Å². The highest BCUT2D eigenvalue weighted by Gasteiger charge is 2.08. The van der Waals surface area contributed by atoms with Crippen LogP contribution in [0.4, 0.5) is 11.6 Å². The molecule has 0 radical (unpaired) electrons. The van der Waals surface area contributed by atoms with E-state index >= 15 is 0 Å². The highest BCUT2D eigenvalue weighted by Crippen LogP contribution is 2.18. The van der Waals surface area contributed by atoms with E-state index in [1.807, 2.05) is 13.8 Å². The van der Waals surface area contributed by atoms with Crippen molar-refractivity contribution >= 4 is 11.6 Å². The van der Waals surface area contributed by atoms with Gasteiger partial charge in [0.25, 0.3) is 0 Å². The van der Waals surface area contributed by atoms with Crippen LogP contribution in [0, 0.1) is 6.92 Å². The van der Waals surface area contributed by atoms with E-state index in [-0.39, 0.29) is 12.6 Å². The maximum absolute atomic E-state index is 8.78. The van der Waals surface area contributed by atoms with Crippen LogP contribution in [0.1, 0.15) is 18.9 Å². The van der Waals surface area contributed by atoms with Gasteiger partial charge in [-0.2, -0.15) is 0 Å². The first-order valence-corrected chi connectivity index (χ1v) is 4.84. The number of aliphatic hydroxyl groups is 1. The van der Waals surface area contributed by atoms with Crippen molar-refractivity contribution in [3.63, 3.8) is 0 Å². The molecule has 84 valence electrons. The van der Waals surface area contributed by atoms with E-state index in [2.05, 4.69) is 20.7 Å². The van der Waals surface area contributed by atoms with Gasteiger partial charge in [0.1, 0.15) is 18.0 Å². The minimum Gasteiger partial charge on any atom is -0.396 e. The molecule has 0 fully saturated rings. The number of nitrogens with one attached hydrogen (secondary N) is 2. The molecule has 1 aromatic rings. The van der Waals surface area contributed by atoms with Gasteiger partial charge in [-0.1, -0.05) is 0 Å². The fraction of sp³-hybridized carbons (Fsp3) is 0.556. The largest absolute Gasteiger partial charge is 0.396 e. The fourth-order valence-corrected chi connectivity index (χ4v) is 1.24. The lowest BCUT2D eigenvalue weighted by Crippen LogP contribution is -2.19. The number of aliphatic hydroxyl groups excluding tert-OH is 1. The zero-order valence-electron chi connectivity index (χ0n) is 8.99. The molecule has 0 aliphatic carbocycles. The Morgan fingerprint density at radius 3 is 2.73 bits per heavy atom. The van der Waals surface area contributed by atoms with E-state index in [1.165, 1.54) is 6.33 Å². The first-order chi connectivity index (χ1) is 7.19. The highest BCUT2D eigenvalue weighted by molar-refractivity contribution is 5.56. The van der Waals surface area contributed by atoms with Gasteiger partial charge in [-0.15, -0.1) is 0 Å². The molecule has 0 amide bonds. The second-order valence-corrected chi connectivity index (χ2v) is 3.40. The number of nitrogens with zero attached hydrogens (tertiary/aromatic N) is 2. The van der Waals surface area contributed by atoms with Gasteiger partial charge in [-0.3, -0.25) is 0 Å². The van der Waals surface area contributed by atoms with Crippen molar-refractivity contribution in [2.45, 2.75) is 26.3 Å². The molecule has 1 rings (SSSR count). The van der Waals surface area contributed by atoms with Crippen LogP contribution >= 0.6 is 0 Å². The number of hydrazine groups is 1. The number of hydrogen-bond acceptors (Lipinski definition) is 6. The molecule has 1 atom stereocenters. The number of nitrogen functional groups attached to an aromatic ring is 1. The SMILES string of the molecule is Cc1c(NN)ncnc1NC(C)CCO. The summed E-state index contributed by atoms with van der Waals surface area (Å²) in [6.45, 7) is 4.01. The minimum atomic E-state index is 0.153. The Morgan fingerprint density at radius 2 is 2.13 bits per heavy atom. The summed E-state index contributed by atoms with van der Waals surface area (Å²) in [5.74, 6) is 6.64. The molecule has 0 saturated heterocycles. The Kier molecular flexibility index (Phi) is 4.26. The van der Waals surface area contributed by atoms with Crippen molar-refractivity contribution in [2.75, 3.05) is 17.3 Å². The van der Waals surface area contributed by atoms with Crippen LogP contribution in [0.15, 0.2) is 6.33 Å². The third-order valence-electron chi connectivity index (χ3n) is 2.17. The molecule has 1 unspecified atom stereocenters. The van der Waals surface area contributed by atoms with E-state index < -0.39 is 0 Å². The Morgan fingerprint density at radius 1 is 1.47 bits per heavy atom. The molecule has 0 aliphatic heterocycles. The predicted molar refractivity (Wildman–Crippen MR) is 59.4 cm³/mol. The van der Waals surface area contributed by atoms with E-state index in [1.54, 1.807) is 0 Å². The first kappa shape index (κ1) is 11.7.